The predicted octanol–water partition coefficient (Wildman–Crippen LogP) is 3.28. The molecule has 5 nitrogen and oxygen atoms in total. The molecule has 1 aliphatic rings. The van der Waals surface area contributed by atoms with Gasteiger partial charge in [0, 0.05) is 17.4 Å². The van der Waals surface area contributed by atoms with Crippen molar-refractivity contribution < 1.29 is 22.1 Å². The van der Waals surface area contributed by atoms with Gasteiger partial charge < -0.3 is 9.15 Å². The van der Waals surface area contributed by atoms with Crippen molar-refractivity contribution in [2.24, 2.45) is 0 Å². The summed E-state index contributed by atoms with van der Waals surface area (Å²) in [5.41, 5.74) is 2.08. The summed E-state index contributed by atoms with van der Waals surface area (Å²) in [5.74, 6) is 0.795. The molecule has 0 unspecified atom stereocenters. The number of benzene rings is 2. The normalized spacial score (nSPS) is 14.0. The third-order valence-corrected chi connectivity index (χ3v) is 4.60. The van der Waals surface area contributed by atoms with Crippen molar-refractivity contribution in [2.45, 2.75) is 11.3 Å². The predicted molar refractivity (Wildman–Crippen MR) is 80.7 cm³/mol. The van der Waals surface area contributed by atoms with Gasteiger partial charge in [-0.05, 0) is 29.8 Å². The molecule has 1 aliphatic heterocycles. The van der Waals surface area contributed by atoms with Crippen molar-refractivity contribution in [3.63, 3.8) is 0 Å². The van der Waals surface area contributed by atoms with E-state index in [1.165, 1.54) is 6.07 Å². The van der Waals surface area contributed by atoms with E-state index < -0.39 is 10.1 Å². The van der Waals surface area contributed by atoms with Gasteiger partial charge in [0.1, 0.15) is 22.0 Å². The molecule has 1 N–H and O–H groups in total. The van der Waals surface area contributed by atoms with E-state index in [2.05, 4.69) is 0 Å². The van der Waals surface area contributed by atoms with Gasteiger partial charge >= 0.3 is 0 Å². The van der Waals surface area contributed by atoms with E-state index in [4.69, 9.17) is 9.15 Å². The van der Waals surface area contributed by atoms with Gasteiger partial charge in [0.05, 0.1) is 6.61 Å². The van der Waals surface area contributed by atoms with Crippen LogP contribution in [0.2, 0.25) is 0 Å². The molecule has 1 aromatic heterocycles. The number of hydrogen-bond donors (Lipinski definition) is 1. The van der Waals surface area contributed by atoms with Gasteiger partial charge in [-0.2, -0.15) is 8.42 Å². The summed E-state index contributed by atoms with van der Waals surface area (Å²) in [5, 5.41) is 0.933. The quantitative estimate of drug-likeness (QED) is 0.734. The summed E-state index contributed by atoms with van der Waals surface area (Å²) in [7, 11) is -4.36. The molecular formula is C16H12O5S. The van der Waals surface area contributed by atoms with Crippen LogP contribution >= 0.6 is 0 Å². The van der Waals surface area contributed by atoms with Crippen LogP contribution in [0.1, 0.15) is 5.56 Å². The minimum absolute atomic E-state index is 0.210. The van der Waals surface area contributed by atoms with Gasteiger partial charge in [-0.1, -0.05) is 18.2 Å². The topological polar surface area (TPSA) is 76.7 Å². The van der Waals surface area contributed by atoms with E-state index >= 15 is 0 Å². The van der Waals surface area contributed by atoms with Gasteiger partial charge in [0.25, 0.3) is 10.1 Å². The average Bonchev–Trinajstić information content (AvgIpc) is 3.11. The molecule has 2 heterocycles. The fraction of sp³-hybridized carbons (Fsp3) is 0.125. The number of fused-ring (bicyclic) bond motifs is 2. The zero-order chi connectivity index (χ0) is 15.3. The Balaban J connectivity index is 1.96. The summed E-state index contributed by atoms with van der Waals surface area (Å²) in [6, 6.07) is 12.6. The molecule has 0 saturated heterocycles. The minimum Gasteiger partial charge on any atom is -0.491 e. The first-order chi connectivity index (χ1) is 10.5. The van der Waals surface area contributed by atoms with Crippen molar-refractivity contribution in [2.75, 3.05) is 6.61 Å². The third kappa shape index (κ3) is 2.08. The second-order valence-electron chi connectivity index (χ2n) is 5.18. The van der Waals surface area contributed by atoms with Crippen LogP contribution < -0.4 is 4.74 Å². The Labute approximate surface area is 126 Å². The molecule has 2 aromatic carbocycles. The van der Waals surface area contributed by atoms with Crippen LogP contribution in [-0.4, -0.2) is 19.6 Å². The van der Waals surface area contributed by atoms with Gasteiger partial charge in [-0.15, -0.1) is 0 Å². The molecule has 22 heavy (non-hydrogen) atoms. The summed E-state index contributed by atoms with van der Waals surface area (Å²) < 4.78 is 43.7. The van der Waals surface area contributed by atoms with Crippen LogP contribution in [0.5, 0.6) is 5.75 Å². The van der Waals surface area contributed by atoms with Crippen molar-refractivity contribution in [3.05, 3.63) is 48.0 Å². The van der Waals surface area contributed by atoms with Gasteiger partial charge in [-0.25, -0.2) is 0 Å². The summed E-state index contributed by atoms with van der Waals surface area (Å²) in [4.78, 5) is -0.210. The van der Waals surface area contributed by atoms with Crippen molar-refractivity contribution in [3.8, 4) is 17.1 Å². The van der Waals surface area contributed by atoms with Crippen LogP contribution in [0.3, 0.4) is 0 Å². The monoisotopic (exact) mass is 316 g/mol. The summed E-state index contributed by atoms with van der Waals surface area (Å²) in [6.07, 6.45) is 0.603. The Morgan fingerprint density at radius 1 is 1.09 bits per heavy atom. The third-order valence-electron chi connectivity index (χ3n) is 3.74. The maximum absolute atomic E-state index is 11.6. The first-order valence-corrected chi connectivity index (χ1v) is 8.22. The molecular weight excluding hydrogens is 304 g/mol. The van der Waals surface area contributed by atoms with Crippen LogP contribution in [-0.2, 0) is 16.5 Å². The molecule has 0 amide bonds. The number of furan rings is 1. The molecule has 0 aliphatic carbocycles. The number of para-hydroxylation sites is 1. The Kier molecular flexibility index (Phi) is 2.79. The highest BCUT2D eigenvalue weighted by Gasteiger charge is 2.26. The van der Waals surface area contributed by atoms with E-state index in [1.54, 1.807) is 0 Å². The Morgan fingerprint density at radius 2 is 1.91 bits per heavy atom. The highest BCUT2D eigenvalue weighted by Crippen LogP contribution is 2.38. The lowest BCUT2D eigenvalue weighted by atomic mass is 10.1. The maximum atomic E-state index is 11.6. The average molecular weight is 316 g/mol. The SMILES string of the molecule is O=S(=O)(O)c1cc(-c2cc3ccccc3o2)cc2c1OCC2. The maximum Gasteiger partial charge on any atom is 0.298 e. The molecule has 3 aromatic rings. The Morgan fingerprint density at radius 3 is 2.68 bits per heavy atom. The summed E-state index contributed by atoms with van der Waals surface area (Å²) >= 11 is 0. The lowest BCUT2D eigenvalue weighted by Crippen LogP contribution is -2.01. The minimum atomic E-state index is -4.36. The smallest absolute Gasteiger partial charge is 0.298 e. The first-order valence-electron chi connectivity index (χ1n) is 6.78. The number of rotatable bonds is 2. The molecule has 0 atom stereocenters. The zero-order valence-corrected chi connectivity index (χ0v) is 12.3. The number of hydrogen-bond acceptors (Lipinski definition) is 4. The van der Waals surface area contributed by atoms with Crippen LogP contribution in [0.4, 0.5) is 0 Å². The van der Waals surface area contributed by atoms with Crippen molar-refractivity contribution >= 4 is 21.1 Å². The second kappa shape index (κ2) is 4.59. The van der Waals surface area contributed by atoms with Crippen LogP contribution in [0.15, 0.2) is 51.8 Å². The van der Waals surface area contributed by atoms with E-state index in [9.17, 15) is 13.0 Å². The lowest BCUT2D eigenvalue weighted by molar-refractivity contribution is 0.346. The molecule has 0 fully saturated rings. The first kappa shape index (κ1) is 13.4. The molecule has 4 rings (SSSR count). The van der Waals surface area contributed by atoms with E-state index in [0.717, 1.165) is 16.5 Å². The largest absolute Gasteiger partial charge is 0.491 e. The Bertz CT molecular complexity index is 952. The van der Waals surface area contributed by atoms with Crippen molar-refractivity contribution in [1.29, 1.82) is 0 Å². The standard InChI is InChI=1S/C16H12O5S/c17-22(18,19)15-9-12(7-11-5-6-20-16(11)15)14-8-10-3-1-2-4-13(10)21-14/h1-4,7-9H,5-6H2,(H,17,18,19). The van der Waals surface area contributed by atoms with Gasteiger partial charge in [0.2, 0.25) is 0 Å². The van der Waals surface area contributed by atoms with Crippen LogP contribution in [0, 0.1) is 0 Å². The molecule has 0 bridgehead atoms. The highest BCUT2D eigenvalue weighted by molar-refractivity contribution is 7.86. The molecule has 0 saturated carbocycles. The van der Waals surface area contributed by atoms with Crippen molar-refractivity contribution in [1.82, 2.24) is 0 Å². The van der Waals surface area contributed by atoms with E-state index in [-0.39, 0.29) is 10.6 Å². The summed E-state index contributed by atoms with van der Waals surface area (Å²) in [6.45, 7) is 0.404. The molecule has 6 heteroatoms. The highest BCUT2D eigenvalue weighted by atomic mass is 32.2. The molecule has 112 valence electrons. The number of ether oxygens (including phenoxy) is 1. The Hall–Kier alpha value is -2.31. The van der Waals surface area contributed by atoms with Gasteiger partial charge in [-0.3, -0.25) is 4.55 Å². The van der Waals surface area contributed by atoms with Gasteiger partial charge in [0.15, 0.2) is 0 Å². The molecule has 0 radical (unpaired) electrons. The lowest BCUT2D eigenvalue weighted by Gasteiger charge is -2.07. The molecule has 0 spiro atoms. The fourth-order valence-corrected chi connectivity index (χ4v) is 3.43. The van der Waals surface area contributed by atoms with E-state index in [0.29, 0.717) is 24.4 Å². The second-order valence-corrected chi connectivity index (χ2v) is 6.57. The van der Waals surface area contributed by atoms with Crippen LogP contribution in [0.25, 0.3) is 22.3 Å². The fourth-order valence-electron chi connectivity index (χ4n) is 2.73. The zero-order valence-electron chi connectivity index (χ0n) is 11.4. The van der Waals surface area contributed by atoms with E-state index in [1.807, 2.05) is 36.4 Å².